The zero-order valence-corrected chi connectivity index (χ0v) is 10.6. The van der Waals surface area contributed by atoms with Crippen LogP contribution in [0.4, 0.5) is 5.69 Å². The van der Waals surface area contributed by atoms with Gasteiger partial charge in [0.1, 0.15) is 11.3 Å². The maximum atomic E-state index is 11.7. The van der Waals surface area contributed by atoms with Crippen LogP contribution in [0.3, 0.4) is 0 Å². The first-order valence-corrected chi connectivity index (χ1v) is 5.92. The monoisotopic (exact) mass is 250 g/mol. The number of hydrogen-bond donors (Lipinski definition) is 2. The molecule has 0 aromatic heterocycles. The first-order valence-electron chi connectivity index (χ1n) is 5.92. The third-order valence-corrected chi connectivity index (χ3v) is 3.44. The van der Waals surface area contributed by atoms with Crippen LogP contribution in [-0.2, 0) is 9.53 Å². The predicted octanol–water partition coefficient (Wildman–Crippen LogP) is 1.14. The van der Waals surface area contributed by atoms with Gasteiger partial charge in [-0.15, -0.1) is 0 Å². The molecule has 98 valence electrons. The number of nitrogens with one attached hydrogen (secondary N) is 1. The first-order chi connectivity index (χ1) is 8.58. The van der Waals surface area contributed by atoms with Crippen molar-refractivity contribution in [2.24, 2.45) is 5.73 Å². The van der Waals surface area contributed by atoms with Crippen molar-refractivity contribution in [1.82, 2.24) is 0 Å². The van der Waals surface area contributed by atoms with E-state index in [9.17, 15) is 4.79 Å². The van der Waals surface area contributed by atoms with Crippen molar-refractivity contribution >= 4 is 11.6 Å². The van der Waals surface area contributed by atoms with Crippen LogP contribution in [0.25, 0.3) is 0 Å². The zero-order valence-electron chi connectivity index (χ0n) is 10.6. The second-order valence-corrected chi connectivity index (χ2v) is 4.46. The summed E-state index contributed by atoms with van der Waals surface area (Å²) in [5, 5.41) is 3.20. The minimum absolute atomic E-state index is 0.249. The number of hydrogen-bond acceptors (Lipinski definition) is 4. The van der Waals surface area contributed by atoms with E-state index < -0.39 is 11.4 Å². The third kappa shape index (κ3) is 2.13. The number of anilines is 1. The van der Waals surface area contributed by atoms with Gasteiger partial charge in [-0.2, -0.15) is 0 Å². The number of benzene rings is 1. The Morgan fingerprint density at radius 1 is 1.61 bits per heavy atom. The van der Waals surface area contributed by atoms with Gasteiger partial charge in [-0.1, -0.05) is 6.07 Å². The molecule has 1 saturated heterocycles. The fourth-order valence-corrected chi connectivity index (χ4v) is 2.25. The molecule has 5 heteroatoms. The lowest BCUT2D eigenvalue weighted by Crippen LogP contribution is -2.55. The lowest BCUT2D eigenvalue weighted by atomic mass is 9.90. The minimum Gasteiger partial charge on any atom is -0.497 e. The number of rotatable bonds is 4. The van der Waals surface area contributed by atoms with Gasteiger partial charge < -0.3 is 20.5 Å². The van der Waals surface area contributed by atoms with Crippen LogP contribution in [0.15, 0.2) is 24.3 Å². The smallest absolute Gasteiger partial charge is 0.245 e. The van der Waals surface area contributed by atoms with Gasteiger partial charge in [-0.3, -0.25) is 4.79 Å². The summed E-state index contributed by atoms with van der Waals surface area (Å²) in [5.74, 6) is 0.335. The van der Waals surface area contributed by atoms with E-state index in [1.54, 1.807) is 7.11 Å². The van der Waals surface area contributed by atoms with E-state index in [1.807, 2.05) is 31.2 Å². The second-order valence-electron chi connectivity index (χ2n) is 4.46. The van der Waals surface area contributed by atoms with Crippen molar-refractivity contribution in [1.29, 1.82) is 0 Å². The predicted molar refractivity (Wildman–Crippen MR) is 68.6 cm³/mol. The fraction of sp³-hybridized carbons (Fsp3) is 0.462. The van der Waals surface area contributed by atoms with E-state index in [2.05, 4.69) is 5.32 Å². The lowest BCUT2D eigenvalue weighted by Gasteiger charge is -2.31. The Kier molecular flexibility index (Phi) is 3.43. The van der Waals surface area contributed by atoms with Crippen molar-refractivity contribution in [3.63, 3.8) is 0 Å². The molecule has 0 saturated carbocycles. The van der Waals surface area contributed by atoms with Crippen LogP contribution in [0.2, 0.25) is 0 Å². The molecular weight excluding hydrogens is 232 g/mol. The molecule has 1 aliphatic rings. The van der Waals surface area contributed by atoms with Gasteiger partial charge in [0.05, 0.1) is 13.2 Å². The Labute approximate surface area is 106 Å². The summed E-state index contributed by atoms with van der Waals surface area (Å²) in [7, 11) is 1.60. The number of ether oxygens (including phenoxy) is 2. The quantitative estimate of drug-likeness (QED) is 0.840. The number of nitrogens with two attached hydrogens (primary N) is 1. The molecule has 1 aliphatic heterocycles. The van der Waals surface area contributed by atoms with Gasteiger partial charge in [0.2, 0.25) is 5.91 Å². The highest BCUT2D eigenvalue weighted by Crippen LogP contribution is 2.31. The molecular formula is C13H18N2O3. The molecule has 1 aromatic rings. The molecule has 1 heterocycles. The van der Waals surface area contributed by atoms with Crippen LogP contribution >= 0.6 is 0 Å². The highest BCUT2D eigenvalue weighted by atomic mass is 16.5. The maximum absolute atomic E-state index is 11.7. The van der Waals surface area contributed by atoms with Crippen molar-refractivity contribution in [2.45, 2.75) is 25.0 Å². The number of amides is 1. The Balaban J connectivity index is 2.26. The number of carbonyl (C=O) groups is 1. The van der Waals surface area contributed by atoms with Gasteiger partial charge in [0.15, 0.2) is 0 Å². The Morgan fingerprint density at radius 2 is 2.39 bits per heavy atom. The Bertz CT molecular complexity index is 450. The van der Waals surface area contributed by atoms with E-state index in [-0.39, 0.29) is 6.10 Å². The molecule has 0 bridgehead atoms. The molecule has 0 aliphatic carbocycles. The van der Waals surface area contributed by atoms with Crippen LogP contribution in [0, 0.1) is 0 Å². The highest BCUT2D eigenvalue weighted by Gasteiger charge is 2.46. The van der Waals surface area contributed by atoms with Crippen LogP contribution in [0.5, 0.6) is 5.75 Å². The molecule has 0 radical (unpaired) electrons. The Hall–Kier alpha value is -1.75. The number of methoxy groups -OCH3 is 1. The van der Waals surface area contributed by atoms with E-state index in [4.69, 9.17) is 15.2 Å². The summed E-state index contributed by atoms with van der Waals surface area (Å²) < 4.78 is 10.6. The maximum Gasteiger partial charge on any atom is 0.245 e. The molecule has 2 rings (SSSR count). The van der Waals surface area contributed by atoms with Crippen LogP contribution in [-0.4, -0.2) is 31.3 Å². The van der Waals surface area contributed by atoms with E-state index >= 15 is 0 Å². The highest BCUT2D eigenvalue weighted by molar-refractivity contribution is 5.89. The van der Waals surface area contributed by atoms with Gasteiger partial charge in [0, 0.05) is 24.8 Å². The lowest BCUT2D eigenvalue weighted by molar-refractivity contribution is -0.123. The topological polar surface area (TPSA) is 73.6 Å². The molecule has 1 fully saturated rings. The third-order valence-electron chi connectivity index (χ3n) is 3.44. The summed E-state index contributed by atoms with van der Waals surface area (Å²) >= 11 is 0. The molecule has 5 nitrogen and oxygen atoms in total. The van der Waals surface area contributed by atoms with Crippen LogP contribution < -0.4 is 15.8 Å². The van der Waals surface area contributed by atoms with E-state index in [1.165, 1.54) is 0 Å². The van der Waals surface area contributed by atoms with Crippen molar-refractivity contribution < 1.29 is 14.3 Å². The van der Waals surface area contributed by atoms with E-state index in [0.717, 1.165) is 11.4 Å². The largest absolute Gasteiger partial charge is 0.497 e. The van der Waals surface area contributed by atoms with Gasteiger partial charge in [-0.25, -0.2) is 0 Å². The summed E-state index contributed by atoms with van der Waals surface area (Å²) in [6.07, 6.45) is 0.321. The standard InChI is InChI=1S/C13H18N2O3/c1-9-13(12(14)16,6-7-18-9)15-10-4-3-5-11(8-10)17-2/h3-5,8-9,15H,6-7H2,1-2H3,(H2,14,16). The van der Waals surface area contributed by atoms with Crippen molar-refractivity contribution in [2.75, 3.05) is 19.0 Å². The molecule has 1 amide bonds. The fourth-order valence-electron chi connectivity index (χ4n) is 2.25. The average Bonchev–Trinajstić information content (AvgIpc) is 2.72. The Morgan fingerprint density at radius 3 is 2.94 bits per heavy atom. The summed E-state index contributed by atoms with van der Waals surface area (Å²) in [6, 6.07) is 7.40. The molecule has 0 spiro atoms. The first kappa shape index (κ1) is 12.7. The molecule has 2 atom stereocenters. The molecule has 3 N–H and O–H groups in total. The van der Waals surface area contributed by atoms with Gasteiger partial charge >= 0.3 is 0 Å². The summed E-state index contributed by atoms with van der Waals surface area (Å²) in [5.41, 5.74) is 5.48. The van der Waals surface area contributed by atoms with Gasteiger partial charge in [-0.05, 0) is 19.1 Å². The summed E-state index contributed by atoms with van der Waals surface area (Å²) in [4.78, 5) is 11.7. The summed E-state index contributed by atoms with van der Waals surface area (Å²) in [6.45, 7) is 2.38. The minimum atomic E-state index is -0.841. The number of primary amides is 1. The SMILES string of the molecule is COc1cccc(NC2(C(N)=O)CCOC2C)c1. The van der Waals surface area contributed by atoms with Crippen molar-refractivity contribution in [3.8, 4) is 5.75 Å². The zero-order chi connectivity index (χ0) is 13.2. The second kappa shape index (κ2) is 4.86. The molecule has 18 heavy (non-hydrogen) atoms. The van der Waals surface area contributed by atoms with Crippen molar-refractivity contribution in [3.05, 3.63) is 24.3 Å². The molecule has 2 unspecified atom stereocenters. The normalized spacial score (nSPS) is 26.9. The van der Waals surface area contributed by atoms with E-state index in [0.29, 0.717) is 13.0 Å². The van der Waals surface area contributed by atoms with Crippen LogP contribution in [0.1, 0.15) is 13.3 Å². The van der Waals surface area contributed by atoms with Gasteiger partial charge in [0.25, 0.3) is 0 Å². The average molecular weight is 250 g/mol. The molecule has 1 aromatic carbocycles. The number of carbonyl (C=O) groups excluding carboxylic acids is 1.